The van der Waals surface area contributed by atoms with E-state index in [-0.39, 0.29) is 5.75 Å². The number of hydrogen-bond acceptors (Lipinski definition) is 2. The van der Waals surface area contributed by atoms with Gasteiger partial charge in [-0.1, -0.05) is 6.07 Å². The molecule has 0 radical (unpaired) electrons. The third-order valence-corrected chi connectivity index (χ3v) is 2.33. The molecule has 0 aliphatic heterocycles. The van der Waals surface area contributed by atoms with Crippen molar-refractivity contribution in [3.63, 3.8) is 0 Å². The molecule has 86 valence electrons. The number of benzene rings is 2. The number of carbonyl (C=O) groups is 1. The lowest BCUT2D eigenvalue weighted by atomic mass is 10.2. The zero-order chi connectivity index (χ0) is 12.3. The van der Waals surface area contributed by atoms with Crippen molar-refractivity contribution in [3.8, 4) is 11.5 Å². The van der Waals surface area contributed by atoms with Crippen LogP contribution in [0.5, 0.6) is 11.5 Å². The SMILES string of the molecule is Cc1ccc(F)c(Oc2ccc(C=O)cc2)c1. The summed E-state index contributed by atoms with van der Waals surface area (Å²) in [5.41, 5.74) is 1.48. The quantitative estimate of drug-likeness (QED) is 0.751. The molecule has 0 fully saturated rings. The van der Waals surface area contributed by atoms with Gasteiger partial charge in [-0.15, -0.1) is 0 Å². The van der Waals surface area contributed by atoms with E-state index in [1.165, 1.54) is 6.07 Å². The molecule has 0 aliphatic rings. The molecule has 0 aliphatic carbocycles. The standard InChI is InChI=1S/C14H11FO2/c1-10-2-7-13(15)14(8-10)17-12-5-3-11(9-16)4-6-12/h2-9H,1H3. The van der Waals surface area contributed by atoms with Gasteiger partial charge < -0.3 is 4.74 Å². The number of aldehydes is 1. The summed E-state index contributed by atoms with van der Waals surface area (Å²) in [7, 11) is 0. The number of halogens is 1. The van der Waals surface area contributed by atoms with Gasteiger partial charge in [-0.05, 0) is 48.9 Å². The first kappa shape index (κ1) is 11.3. The summed E-state index contributed by atoms with van der Waals surface area (Å²) < 4.78 is 18.8. The Morgan fingerprint density at radius 2 is 1.82 bits per heavy atom. The van der Waals surface area contributed by atoms with Crippen LogP contribution in [-0.2, 0) is 0 Å². The Labute approximate surface area is 98.7 Å². The molecule has 2 rings (SSSR count). The van der Waals surface area contributed by atoms with E-state index in [0.717, 1.165) is 11.8 Å². The van der Waals surface area contributed by atoms with Crippen molar-refractivity contribution in [2.45, 2.75) is 6.92 Å². The third kappa shape index (κ3) is 2.69. The summed E-state index contributed by atoms with van der Waals surface area (Å²) in [6.45, 7) is 1.86. The summed E-state index contributed by atoms with van der Waals surface area (Å²) in [6, 6.07) is 11.2. The Bertz CT molecular complexity index is 532. The smallest absolute Gasteiger partial charge is 0.165 e. The second-order valence-corrected chi connectivity index (χ2v) is 3.72. The normalized spacial score (nSPS) is 10.0. The maximum absolute atomic E-state index is 13.4. The Morgan fingerprint density at radius 1 is 1.12 bits per heavy atom. The van der Waals surface area contributed by atoms with Gasteiger partial charge in [0, 0.05) is 5.56 Å². The van der Waals surface area contributed by atoms with Gasteiger partial charge >= 0.3 is 0 Å². The lowest BCUT2D eigenvalue weighted by Crippen LogP contribution is -1.89. The number of ether oxygens (including phenoxy) is 1. The van der Waals surface area contributed by atoms with Crippen molar-refractivity contribution in [1.29, 1.82) is 0 Å². The first-order valence-corrected chi connectivity index (χ1v) is 5.18. The number of rotatable bonds is 3. The van der Waals surface area contributed by atoms with Gasteiger partial charge in [0.25, 0.3) is 0 Å². The fourth-order valence-electron chi connectivity index (χ4n) is 1.43. The molecule has 17 heavy (non-hydrogen) atoms. The van der Waals surface area contributed by atoms with E-state index < -0.39 is 5.82 Å². The number of hydrogen-bond donors (Lipinski definition) is 0. The average molecular weight is 230 g/mol. The number of carbonyl (C=O) groups excluding carboxylic acids is 1. The van der Waals surface area contributed by atoms with Crippen LogP contribution in [0.25, 0.3) is 0 Å². The Balaban J connectivity index is 2.24. The predicted octanol–water partition coefficient (Wildman–Crippen LogP) is 3.74. The van der Waals surface area contributed by atoms with E-state index in [1.54, 1.807) is 36.4 Å². The van der Waals surface area contributed by atoms with Crippen LogP contribution in [0.1, 0.15) is 15.9 Å². The topological polar surface area (TPSA) is 26.3 Å². The lowest BCUT2D eigenvalue weighted by molar-refractivity contribution is 0.112. The maximum Gasteiger partial charge on any atom is 0.165 e. The van der Waals surface area contributed by atoms with Gasteiger partial charge in [0.15, 0.2) is 11.6 Å². The van der Waals surface area contributed by atoms with Crippen LogP contribution in [0.4, 0.5) is 4.39 Å². The molecule has 0 N–H and O–H groups in total. The van der Waals surface area contributed by atoms with Crippen LogP contribution in [0.2, 0.25) is 0 Å². The molecule has 0 unspecified atom stereocenters. The van der Waals surface area contributed by atoms with Gasteiger partial charge in [0.05, 0.1) is 0 Å². The minimum Gasteiger partial charge on any atom is -0.454 e. The third-order valence-electron chi connectivity index (χ3n) is 2.33. The van der Waals surface area contributed by atoms with E-state index in [0.29, 0.717) is 11.3 Å². The zero-order valence-corrected chi connectivity index (χ0v) is 9.31. The first-order valence-electron chi connectivity index (χ1n) is 5.18. The Morgan fingerprint density at radius 3 is 2.47 bits per heavy atom. The molecule has 0 amide bonds. The molecule has 2 nitrogen and oxygen atoms in total. The van der Waals surface area contributed by atoms with E-state index >= 15 is 0 Å². The minimum absolute atomic E-state index is 0.184. The van der Waals surface area contributed by atoms with Gasteiger partial charge in [0.1, 0.15) is 12.0 Å². The van der Waals surface area contributed by atoms with Gasteiger partial charge in [-0.3, -0.25) is 4.79 Å². The summed E-state index contributed by atoms with van der Waals surface area (Å²) in [5, 5.41) is 0. The van der Waals surface area contributed by atoms with E-state index in [4.69, 9.17) is 4.74 Å². The molecule has 2 aromatic rings. The van der Waals surface area contributed by atoms with Crippen LogP contribution >= 0.6 is 0 Å². The van der Waals surface area contributed by atoms with Crippen molar-refractivity contribution < 1.29 is 13.9 Å². The Kier molecular flexibility index (Phi) is 3.19. The molecule has 0 spiro atoms. The predicted molar refractivity (Wildman–Crippen MR) is 63.0 cm³/mol. The molecule has 0 heterocycles. The van der Waals surface area contributed by atoms with Crippen LogP contribution in [0.15, 0.2) is 42.5 Å². The van der Waals surface area contributed by atoms with Crippen LogP contribution < -0.4 is 4.74 Å². The van der Waals surface area contributed by atoms with E-state index in [9.17, 15) is 9.18 Å². The van der Waals surface area contributed by atoms with E-state index in [2.05, 4.69) is 0 Å². The van der Waals surface area contributed by atoms with Gasteiger partial charge in [-0.2, -0.15) is 0 Å². The molecule has 0 saturated carbocycles. The molecular formula is C14H11FO2. The molecule has 0 aromatic heterocycles. The zero-order valence-electron chi connectivity index (χ0n) is 9.31. The van der Waals surface area contributed by atoms with Crippen molar-refractivity contribution in [3.05, 3.63) is 59.4 Å². The minimum atomic E-state index is -0.407. The van der Waals surface area contributed by atoms with Crippen LogP contribution in [0.3, 0.4) is 0 Å². The van der Waals surface area contributed by atoms with Gasteiger partial charge in [-0.25, -0.2) is 4.39 Å². The van der Waals surface area contributed by atoms with Crippen LogP contribution in [0, 0.1) is 12.7 Å². The van der Waals surface area contributed by atoms with Crippen molar-refractivity contribution >= 4 is 6.29 Å². The molecule has 3 heteroatoms. The molecule has 0 atom stereocenters. The van der Waals surface area contributed by atoms with Crippen molar-refractivity contribution in [1.82, 2.24) is 0 Å². The fraction of sp³-hybridized carbons (Fsp3) is 0.0714. The number of aryl methyl sites for hydroxylation is 1. The second-order valence-electron chi connectivity index (χ2n) is 3.72. The monoisotopic (exact) mass is 230 g/mol. The van der Waals surface area contributed by atoms with Crippen molar-refractivity contribution in [2.75, 3.05) is 0 Å². The highest BCUT2D eigenvalue weighted by Crippen LogP contribution is 2.25. The van der Waals surface area contributed by atoms with E-state index in [1.807, 2.05) is 6.92 Å². The molecule has 0 bridgehead atoms. The van der Waals surface area contributed by atoms with Gasteiger partial charge in [0.2, 0.25) is 0 Å². The molecule has 2 aromatic carbocycles. The van der Waals surface area contributed by atoms with Crippen LogP contribution in [-0.4, -0.2) is 6.29 Å². The van der Waals surface area contributed by atoms with Crippen molar-refractivity contribution in [2.24, 2.45) is 0 Å². The summed E-state index contributed by atoms with van der Waals surface area (Å²) in [5.74, 6) is 0.277. The fourth-order valence-corrected chi connectivity index (χ4v) is 1.43. The summed E-state index contributed by atoms with van der Waals surface area (Å²) in [4.78, 5) is 10.5. The maximum atomic E-state index is 13.4. The highest BCUT2D eigenvalue weighted by atomic mass is 19.1. The lowest BCUT2D eigenvalue weighted by Gasteiger charge is -2.07. The first-order chi connectivity index (χ1) is 8.19. The highest BCUT2D eigenvalue weighted by molar-refractivity contribution is 5.74. The summed E-state index contributed by atoms with van der Waals surface area (Å²) >= 11 is 0. The highest BCUT2D eigenvalue weighted by Gasteiger charge is 2.04. The molecular weight excluding hydrogens is 219 g/mol. The summed E-state index contributed by atoms with van der Waals surface area (Å²) in [6.07, 6.45) is 0.747. The second kappa shape index (κ2) is 4.78. The largest absolute Gasteiger partial charge is 0.454 e. The molecule has 0 saturated heterocycles. The Hall–Kier alpha value is -2.16. The average Bonchev–Trinajstić information content (AvgIpc) is 2.35.